The van der Waals surface area contributed by atoms with Gasteiger partial charge in [0.15, 0.2) is 11.5 Å². The molecule has 2 aromatic carbocycles. The third-order valence-corrected chi connectivity index (χ3v) is 8.35. The summed E-state index contributed by atoms with van der Waals surface area (Å²) >= 11 is 0. The first kappa shape index (κ1) is 22.6. The van der Waals surface area contributed by atoms with E-state index in [2.05, 4.69) is 41.0 Å². The Labute approximate surface area is 203 Å². The predicted molar refractivity (Wildman–Crippen MR) is 138 cm³/mol. The molecular weight excluding hydrogens is 442 g/mol. The van der Waals surface area contributed by atoms with E-state index < -0.39 is 5.54 Å². The summed E-state index contributed by atoms with van der Waals surface area (Å²) in [6.45, 7) is 6.83. The van der Waals surface area contributed by atoms with E-state index in [-0.39, 0.29) is 17.4 Å². The van der Waals surface area contributed by atoms with E-state index in [9.17, 15) is 9.90 Å². The second-order valence-corrected chi connectivity index (χ2v) is 10.8. The summed E-state index contributed by atoms with van der Waals surface area (Å²) < 4.78 is 6.15. The summed E-state index contributed by atoms with van der Waals surface area (Å²) in [4.78, 5) is 20.3. The molecule has 0 spiro atoms. The van der Waals surface area contributed by atoms with Gasteiger partial charge in [0, 0.05) is 23.2 Å². The highest BCUT2D eigenvalue weighted by Crippen LogP contribution is 2.48. The maximum atomic E-state index is 13.5. The van der Waals surface area contributed by atoms with Gasteiger partial charge in [-0.25, -0.2) is 0 Å². The number of phenols is 1. The molecule has 1 aliphatic heterocycles. The number of likely N-dealkylation sites (tertiary alicyclic amines) is 1. The molecule has 2 fully saturated rings. The van der Waals surface area contributed by atoms with Crippen molar-refractivity contribution in [2.45, 2.75) is 43.5 Å². The first-order valence-electron chi connectivity index (χ1n) is 11.9. The normalized spacial score (nSPS) is 19.9. The lowest BCUT2D eigenvalue weighted by atomic mass is 9.95. The van der Waals surface area contributed by atoms with Gasteiger partial charge in [0.2, 0.25) is 0 Å². The van der Waals surface area contributed by atoms with Gasteiger partial charge >= 0.3 is 0 Å². The number of pyridine rings is 1. The SMILES string of the molecule is C=Cc1cc(C2(NC(=O)c3cc(O[C@@H]([SiH3])[C@@H]4CCN4C)c(O)cc3C)CC2)c2cccnc2c1. The van der Waals surface area contributed by atoms with Crippen molar-refractivity contribution in [3.05, 3.63) is 71.4 Å². The third kappa shape index (κ3) is 3.99. The first-order valence-corrected chi connectivity index (χ1v) is 13.0. The van der Waals surface area contributed by atoms with Gasteiger partial charge in [-0.3, -0.25) is 9.78 Å². The van der Waals surface area contributed by atoms with Crippen molar-refractivity contribution in [2.24, 2.45) is 0 Å². The zero-order chi connectivity index (χ0) is 24.0. The molecule has 2 N–H and O–H groups in total. The van der Waals surface area contributed by atoms with Crippen LogP contribution in [-0.4, -0.2) is 56.5 Å². The first-order chi connectivity index (χ1) is 16.3. The Balaban J connectivity index is 1.44. The van der Waals surface area contributed by atoms with Gasteiger partial charge in [0.1, 0.15) is 0 Å². The lowest BCUT2D eigenvalue weighted by Gasteiger charge is -2.41. The largest absolute Gasteiger partial charge is 0.504 e. The maximum absolute atomic E-state index is 13.5. The van der Waals surface area contributed by atoms with Gasteiger partial charge in [-0.2, -0.15) is 0 Å². The van der Waals surface area contributed by atoms with Gasteiger partial charge in [-0.15, -0.1) is 0 Å². The standard InChI is InChI=1S/C27H31N3O3Si/c1-4-17-13-20(18-6-5-10-28-21(18)14-17)27(8-9-27)29-25(32)19-15-24(23(31)12-16(19)2)33-26(34)22-7-11-30(22)3/h4-6,10,12-15,22,26,31H,1,7-9,11H2,2-3,34H3,(H,29,32)/t22-,26-/m0/s1. The van der Waals surface area contributed by atoms with Crippen molar-refractivity contribution >= 4 is 33.1 Å². The van der Waals surface area contributed by atoms with E-state index in [1.165, 1.54) is 0 Å². The van der Waals surface area contributed by atoms with Gasteiger partial charge in [-0.1, -0.05) is 18.7 Å². The highest BCUT2D eigenvalue weighted by atomic mass is 28.1. The number of carbonyl (C=O) groups is 1. The molecule has 0 unspecified atom stereocenters. The monoisotopic (exact) mass is 473 g/mol. The Kier molecular flexibility index (Phi) is 5.70. The van der Waals surface area contributed by atoms with Crippen LogP contribution in [0, 0.1) is 6.92 Å². The van der Waals surface area contributed by atoms with Gasteiger partial charge < -0.3 is 20.1 Å². The molecule has 0 bridgehead atoms. The molecule has 34 heavy (non-hydrogen) atoms. The molecule has 7 heteroatoms. The summed E-state index contributed by atoms with van der Waals surface area (Å²) in [6, 6.07) is 11.8. The molecule has 1 saturated heterocycles. The number of likely N-dealkylation sites (N-methyl/N-ethyl adjacent to an activating group) is 1. The molecule has 1 aliphatic carbocycles. The van der Waals surface area contributed by atoms with Crippen LogP contribution < -0.4 is 10.1 Å². The van der Waals surface area contributed by atoms with Crippen molar-refractivity contribution in [3.63, 3.8) is 0 Å². The van der Waals surface area contributed by atoms with Crippen molar-refractivity contribution in [2.75, 3.05) is 13.6 Å². The van der Waals surface area contributed by atoms with Crippen molar-refractivity contribution in [1.29, 1.82) is 0 Å². The molecule has 5 rings (SSSR count). The van der Waals surface area contributed by atoms with Gasteiger partial charge in [-0.05, 0) is 86.8 Å². The van der Waals surface area contributed by atoms with Crippen LogP contribution in [0.15, 0.2) is 49.2 Å². The Hall–Kier alpha value is -3.16. The smallest absolute Gasteiger partial charge is 0.252 e. The molecule has 1 amide bonds. The molecular formula is C27H31N3O3Si. The maximum Gasteiger partial charge on any atom is 0.252 e. The number of benzene rings is 2. The van der Waals surface area contributed by atoms with E-state index in [1.807, 2.05) is 25.1 Å². The number of amides is 1. The summed E-state index contributed by atoms with van der Waals surface area (Å²) in [5, 5.41) is 14.9. The van der Waals surface area contributed by atoms with E-state index in [0.717, 1.165) is 63.6 Å². The molecule has 2 heterocycles. The van der Waals surface area contributed by atoms with Gasteiger partial charge in [0.05, 0.1) is 27.0 Å². The summed E-state index contributed by atoms with van der Waals surface area (Å²) in [7, 11) is 2.92. The van der Waals surface area contributed by atoms with Crippen LogP contribution in [0.2, 0.25) is 0 Å². The molecule has 2 aliphatic rings. The van der Waals surface area contributed by atoms with Crippen LogP contribution >= 0.6 is 0 Å². The number of rotatable bonds is 7. The number of aryl methyl sites for hydroxylation is 1. The number of ether oxygens (including phenoxy) is 1. The van der Waals surface area contributed by atoms with Crippen LogP contribution in [0.25, 0.3) is 17.0 Å². The minimum Gasteiger partial charge on any atom is -0.504 e. The zero-order valence-electron chi connectivity index (χ0n) is 20.0. The number of hydrogen-bond acceptors (Lipinski definition) is 5. The average molecular weight is 474 g/mol. The van der Waals surface area contributed by atoms with Crippen LogP contribution in [0.4, 0.5) is 0 Å². The number of aromatic hydroxyl groups is 1. The molecule has 3 aromatic rings. The fourth-order valence-electron chi connectivity index (χ4n) is 5.01. The number of nitrogens with one attached hydrogen (secondary N) is 1. The second kappa shape index (κ2) is 8.56. The zero-order valence-corrected chi connectivity index (χ0v) is 22.0. The van der Waals surface area contributed by atoms with Crippen LogP contribution in [0.3, 0.4) is 0 Å². The number of phenolic OH excluding ortho intramolecular Hbond substituents is 1. The minimum absolute atomic E-state index is 0.0542. The Bertz CT molecular complexity index is 1290. The van der Waals surface area contributed by atoms with Crippen LogP contribution in [-0.2, 0) is 5.54 Å². The van der Waals surface area contributed by atoms with E-state index in [1.54, 1.807) is 18.3 Å². The van der Waals surface area contributed by atoms with E-state index >= 15 is 0 Å². The van der Waals surface area contributed by atoms with E-state index in [0.29, 0.717) is 17.4 Å². The lowest BCUT2D eigenvalue weighted by Crippen LogP contribution is -2.53. The number of fused-ring (bicyclic) bond motifs is 1. The fraction of sp³-hybridized carbons (Fsp3) is 0.333. The van der Waals surface area contributed by atoms with Crippen molar-refractivity contribution < 1.29 is 14.6 Å². The average Bonchev–Trinajstić information content (AvgIpc) is 3.59. The molecule has 176 valence electrons. The van der Waals surface area contributed by atoms with Crippen LogP contribution in [0.5, 0.6) is 11.5 Å². The highest BCUT2D eigenvalue weighted by molar-refractivity contribution is 6.11. The number of aromatic nitrogens is 1. The number of carbonyl (C=O) groups excluding carboxylic acids is 1. The molecule has 0 radical (unpaired) electrons. The second-order valence-electron chi connectivity index (χ2n) is 9.67. The lowest BCUT2D eigenvalue weighted by molar-refractivity contribution is 0.0550. The Morgan fingerprint density at radius 3 is 2.82 bits per heavy atom. The molecule has 6 nitrogen and oxygen atoms in total. The summed E-state index contributed by atoms with van der Waals surface area (Å²) in [6.07, 6.45) is 6.41. The number of nitrogens with zero attached hydrogens (tertiary/aromatic N) is 2. The fourth-order valence-corrected chi connectivity index (χ4v) is 6.11. The quantitative estimate of drug-likeness (QED) is 0.516. The Morgan fingerprint density at radius 2 is 2.18 bits per heavy atom. The number of hydrogen-bond donors (Lipinski definition) is 2. The highest BCUT2D eigenvalue weighted by Gasteiger charge is 2.47. The minimum atomic E-state index is -0.433. The van der Waals surface area contributed by atoms with Crippen LogP contribution in [0.1, 0.15) is 46.3 Å². The van der Waals surface area contributed by atoms with E-state index in [4.69, 9.17) is 4.74 Å². The molecule has 2 atom stereocenters. The summed E-state index contributed by atoms with van der Waals surface area (Å²) in [5.41, 5.74) is 3.81. The third-order valence-electron chi connectivity index (χ3n) is 7.35. The topological polar surface area (TPSA) is 74.7 Å². The summed E-state index contributed by atoms with van der Waals surface area (Å²) in [5.74, 6) is 0.296. The molecule has 1 saturated carbocycles. The van der Waals surface area contributed by atoms with Gasteiger partial charge in [0.25, 0.3) is 5.91 Å². The Morgan fingerprint density at radius 1 is 1.38 bits per heavy atom. The molecule has 1 aromatic heterocycles. The van der Waals surface area contributed by atoms with Crippen molar-refractivity contribution in [3.8, 4) is 11.5 Å². The van der Waals surface area contributed by atoms with Crippen molar-refractivity contribution in [1.82, 2.24) is 15.2 Å². The predicted octanol–water partition coefficient (Wildman–Crippen LogP) is 3.09.